The van der Waals surface area contributed by atoms with Crippen LogP contribution in [-0.4, -0.2) is 32.1 Å². The number of aliphatic imine (C=N–C) groups is 1. The van der Waals surface area contributed by atoms with Gasteiger partial charge in [-0.25, -0.2) is 4.39 Å². The van der Waals surface area contributed by atoms with Gasteiger partial charge in [0.2, 0.25) is 0 Å². The predicted molar refractivity (Wildman–Crippen MR) is 111 cm³/mol. The number of nitriles is 1. The summed E-state index contributed by atoms with van der Waals surface area (Å²) in [6.45, 7) is 0.828. The molecule has 2 rings (SSSR count). The van der Waals surface area contributed by atoms with Gasteiger partial charge in [-0.1, -0.05) is 18.2 Å². The van der Waals surface area contributed by atoms with Crippen LogP contribution in [0.25, 0.3) is 0 Å². The summed E-state index contributed by atoms with van der Waals surface area (Å²) in [5.74, 6) is 1.07. The van der Waals surface area contributed by atoms with E-state index in [2.05, 4.69) is 10.3 Å². The Morgan fingerprint density at radius 1 is 1.27 bits per heavy atom. The first-order chi connectivity index (χ1) is 12.1. The molecule has 5 nitrogen and oxygen atoms in total. The van der Waals surface area contributed by atoms with Crippen molar-refractivity contribution in [3.63, 3.8) is 0 Å². The smallest absolute Gasteiger partial charge is 0.193 e. The van der Waals surface area contributed by atoms with E-state index in [0.717, 1.165) is 11.3 Å². The number of hydrogen-bond acceptors (Lipinski definition) is 3. The summed E-state index contributed by atoms with van der Waals surface area (Å²) in [5.41, 5.74) is 1.87. The van der Waals surface area contributed by atoms with E-state index in [0.29, 0.717) is 23.6 Å². The SMILES string of the molecule is CN=C(NCc1cc(C#N)ccc1F)N(C)Cc1ccccc1OC.I. The van der Waals surface area contributed by atoms with Gasteiger partial charge in [0.25, 0.3) is 0 Å². The molecular weight excluding hydrogens is 446 g/mol. The third-order valence-electron chi connectivity index (χ3n) is 3.79. The molecule has 0 saturated carbocycles. The highest BCUT2D eigenvalue weighted by molar-refractivity contribution is 14.0. The minimum Gasteiger partial charge on any atom is -0.496 e. The molecule has 7 heteroatoms. The van der Waals surface area contributed by atoms with Gasteiger partial charge in [-0.3, -0.25) is 4.99 Å². The predicted octanol–water partition coefficient (Wildman–Crippen LogP) is 3.53. The van der Waals surface area contributed by atoms with Crippen molar-refractivity contribution in [2.45, 2.75) is 13.1 Å². The van der Waals surface area contributed by atoms with Crippen LogP contribution in [0.5, 0.6) is 5.75 Å². The van der Waals surface area contributed by atoms with Crippen LogP contribution in [0, 0.1) is 17.1 Å². The molecule has 0 aliphatic rings. The Kier molecular flexibility index (Phi) is 8.85. The highest BCUT2D eigenvalue weighted by Gasteiger charge is 2.11. The summed E-state index contributed by atoms with van der Waals surface area (Å²) in [7, 11) is 5.20. The van der Waals surface area contributed by atoms with Gasteiger partial charge in [-0.2, -0.15) is 5.26 Å². The molecule has 26 heavy (non-hydrogen) atoms. The summed E-state index contributed by atoms with van der Waals surface area (Å²) in [6.07, 6.45) is 0. The van der Waals surface area contributed by atoms with Crippen LogP contribution in [0.4, 0.5) is 4.39 Å². The Bertz CT molecular complexity index is 804. The van der Waals surface area contributed by atoms with E-state index in [1.807, 2.05) is 42.3 Å². The molecule has 0 radical (unpaired) electrons. The fourth-order valence-electron chi connectivity index (χ4n) is 2.50. The number of nitrogens with one attached hydrogen (secondary N) is 1. The van der Waals surface area contributed by atoms with E-state index in [9.17, 15) is 4.39 Å². The molecule has 0 saturated heterocycles. The maximum atomic E-state index is 13.9. The summed E-state index contributed by atoms with van der Waals surface area (Å²) in [6, 6.07) is 14.1. The number of benzene rings is 2. The Morgan fingerprint density at radius 2 is 2.00 bits per heavy atom. The Morgan fingerprint density at radius 3 is 2.65 bits per heavy atom. The van der Waals surface area contributed by atoms with Crippen molar-refractivity contribution in [3.8, 4) is 11.8 Å². The molecule has 0 amide bonds. The molecule has 0 aromatic heterocycles. The van der Waals surface area contributed by atoms with Crippen molar-refractivity contribution in [3.05, 3.63) is 65.0 Å². The van der Waals surface area contributed by atoms with E-state index in [1.165, 1.54) is 18.2 Å². The number of halogens is 2. The van der Waals surface area contributed by atoms with E-state index < -0.39 is 0 Å². The molecule has 0 aliphatic heterocycles. The first-order valence-corrected chi connectivity index (χ1v) is 7.81. The third-order valence-corrected chi connectivity index (χ3v) is 3.79. The zero-order valence-corrected chi connectivity index (χ0v) is 17.3. The molecular formula is C19H22FIN4O. The van der Waals surface area contributed by atoms with E-state index in [4.69, 9.17) is 10.00 Å². The summed E-state index contributed by atoms with van der Waals surface area (Å²) >= 11 is 0. The first kappa shape index (κ1) is 21.7. The van der Waals surface area contributed by atoms with Gasteiger partial charge < -0.3 is 15.0 Å². The van der Waals surface area contributed by atoms with E-state index >= 15 is 0 Å². The normalized spacial score (nSPS) is 10.5. The van der Waals surface area contributed by atoms with Gasteiger partial charge >= 0.3 is 0 Å². The van der Waals surface area contributed by atoms with Crippen LogP contribution < -0.4 is 10.1 Å². The van der Waals surface area contributed by atoms with Gasteiger partial charge in [-0.15, -0.1) is 24.0 Å². The van der Waals surface area contributed by atoms with Crippen molar-refractivity contribution in [2.24, 2.45) is 4.99 Å². The van der Waals surface area contributed by atoms with Gasteiger partial charge in [0, 0.05) is 38.3 Å². The molecule has 0 atom stereocenters. The van der Waals surface area contributed by atoms with Crippen molar-refractivity contribution < 1.29 is 9.13 Å². The lowest BCUT2D eigenvalue weighted by atomic mass is 10.1. The lowest BCUT2D eigenvalue weighted by Gasteiger charge is -2.23. The average molecular weight is 468 g/mol. The summed E-state index contributed by atoms with van der Waals surface area (Å²) in [4.78, 5) is 6.15. The molecule has 2 aromatic rings. The zero-order chi connectivity index (χ0) is 18.2. The quantitative estimate of drug-likeness (QED) is 0.415. The lowest BCUT2D eigenvalue weighted by molar-refractivity contribution is 0.396. The number of rotatable bonds is 5. The number of guanidine groups is 1. The standard InChI is InChI=1S/C19H21FN4O.HI/c1-22-19(23-12-16-10-14(11-21)8-9-17(16)20)24(2)13-15-6-4-5-7-18(15)25-3;/h4-10H,12-13H2,1-3H3,(H,22,23);1H. The third kappa shape index (κ3) is 5.59. The molecule has 0 unspecified atom stereocenters. The minimum atomic E-state index is -0.352. The molecule has 0 fully saturated rings. The topological polar surface area (TPSA) is 60.7 Å². The second-order valence-electron chi connectivity index (χ2n) is 5.49. The van der Waals surface area contributed by atoms with Gasteiger partial charge in [-0.05, 0) is 24.3 Å². The number of hydrogen-bond donors (Lipinski definition) is 1. The number of nitrogens with zero attached hydrogens (tertiary/aromatic N) is 3. The molecule has 0 heterocycles. The fraction of sp³-hybridized carbons (Fsp3) is 0.263. The summed E-state index contributed by atoms with van der Waals surface area (Å²) in [5, 5.41) is 12.1. The van der Waals surface area contributed by atoms with Crippen molar-refractivity contribution >= 4 is 29.9 Å². The van der Waals surface area contributed by atoms with Crippen LogP contribution in [0.3, 0.4) is 0 Å². The van der Waals surface area contributed by atoms with Crippen molar-refractivity contribution in [1.29, 1.82) is 5.26 Å². The molecule has 0 bridgehead atoms. The number of para-hydroxylation sites is 1. The van der Waals surface area contributed by atoms with Crippen LogP contribution >= 0.6 is 24.0 Å². The van der Waals surface area contributed by atoms with E-state index in [1.54, 1.807) is 14.2 Å². The lowest BCUT2D eigenvalue weighted by Crippen LogP contribution is -2.38. The van der Waals surface area contributed by atoms with Crippen molar-refractivity contribution in [1.82, 2.24) is 10.2 Å². The fourth-order valence-corrected chi connectivity index (χ4v) is 2.50. The van der Waals surface area contributed by atoms with Gasteiger partial charge in [0.15, 0.2) is 5.96 Å². The summed E-state index contributed by atoms with van der Waals surface area (Å²) < 4.78 is 19.3. The van der Waals surface area contributed by atoms with Crippen LogP contribution in [0.15, 0.2) is 47.5 Å². The van der Waals surface area contributed by atoms with Crippen LogP contribution in [0.2, 0.25) is 0 Å². The minimum absolute atomic E-state index is 0. The Labute approximate surface area is 170 Å². The Hall–Kier alpha value is -2.34. The van der Waals surface area contributed by atoms with Crippen LogP contribution in [-0.2, 0) is 13.1 Å². The second-order valence-corrected chi connectivity index (χ2v) is 5.49. The largest absolute Gasteiger partial charge is 0.496 e. The molecule has 0 spiro atoms. The maximum Gasteiger partial charge on any atom is 0.193 e. The number of ether oxygens (including phenoxy) is 1. The maximum absolute atomic E-state index is 13.9. The molecule has 138 valence electrons. The van der Waals surface area contributed by atoms with Gasteiger partial charge in [0.1, 0.15) is 11.6 Å². The zero-order valence-electron chi connectivity index (χ0n) is 15.0. The Balaban J connectivity index is 0.00000338. The highest BCUT2D eigenvalue weighted by atomic mass is 127. The monoisotopic (exact) mass is 468 g/mol. The highest BCUT2D eigenvalue weighted by Crippen LogP contribution is 2.18. The molecule has 2 aromatic carbocycles. The second kappa shape index (κ2) is 10.6. The van der Waals surface area contributed by atoms with E-state index in [-0.39, 0.29) is 36.3 Å². The van der Waals surface area contributed by atoms with Gasteiger partial charge in [0.05, 0.1) is 18.7 Å². The average Bonchev–Trinajstić information content (AvgIpc) is 2.64. The molecule has 1 N–H and O–H groups in total. The van der Waals surface area contributed by atoms with Crippen molar-refractivity contribution in [2.75, 3.05) is 21.2 Å². The van der Waals surface area contributed by atoms with Crippen LogP contribution in [0.1, 0.15) is 16.7 Å². The first-order valence-electron chi connectivity index (χ1n) is 7.81. The molecule has 0 aliphatic carbocycles. The number of methoxy groups -OCH3 is 1.